The highest BCUT2D eigenvalue weighted by atomic mass is 16.5. The van der Waals surface area contributed by atoms with Crippen LogP contribution < -0.4 is 10.6 Å². The van der Waals surface area contributed by atoms with Crippen molar-refractivity contribution in [1.29, 1.82) is 0 Å². The van der Waals surface area contributed by atoms with Gasteiger partial charge in [-0.15, -0.1) is 0 Å². The van der Waals surface area contributed by atoms with Crippen LogP contribution in [0, 0.1) is 12.8 Å². The van der Waals surface area contributed by atoms with E-state index in [1.807, 2.05) is 37.3 Å². The number of benzene rings is 1. The molecule has 0 bridgehead atoms. The largest absolute Gasteiger partial charge is 0.381 e. The molecule has 2 aromatic rings. The number of nitrogens with zero attached hydrogens (tertiary/aromatic N) is 1. The van der Waals surface area contributed by atoms with Crippen molar-refractivity contribution in [2.45, 2.75) is 19.8 Å². The van der Waals surface area contributed by atoms with E-state index in [0.29, 0.717) is 13.2 Å². The fraction of sp³-hybridized carbons (Fsp3) is 0.333. The van der Waals surface area contributed by atoms with Gasteiger partial charge in [0.25, 0.3) is 0 Å². The minimum absolute atomic E-state index is 0.0360. The van der Waals surface area contributed by atoms with Crippen LogP contribution in [0.4, 0.5) is 17.2 Å². The smallest absolute Gasteiger partial charge is 0.227 e. The van der Waals surface area contributed by atoms with Crippen molar-refractivity contribution in [3.63, 3.8) is 0 Å². The van der Waals surface area contributed by atoms with E-state index in [-0.39, 0.29) is 11.8 Å². The molecule has 0 spiro atoms. The van der Waals surface area contributed by atoms with Crippen molar-refractivity contribution < 1.29 is 9.53 Å². The van der Waals surface area contributed by atoms with E-state index < -0.39 is 0 Å². The zero-order valence-electron chi connectivity index (χ0n) is 13.2. The number of rotatable bonds is 4. The summed E-state index contributed by atoms with van der Waals surface area (Å²) in [5, 5.41) is 6.18. The second-order valence-corrected chi connectivity index (χ2v) is 5.80. The molecule has 0 saturated carbocycles. The number of pyridine rings is 1. The Hall–Kier alpha value is -2.40. The molecule has 0 unspecified atom stereocenters. The topological polar surface area (TPSA) is 63.2 Å². The molecule has 0 atom stereocenters. The Morgan fingerprint density at radius 1 is 1.17 bits per heavy atom. The van der Waals surface area contributed by atoms with Crippen LogP contribution in [-0.4, -0.2) is 24.1 Å². The van der Waals surface area contributed by atoms with Gasteiger partial charge in [0.05, 0.1) is 11.9 Å². The number of hydrogen-bond donors (Lipinski definition) is 2. The number of hydrogen-bond acceptors (Lipinski definition) is 4. The molecule has 2 N–H and O–H groups in total. The summed E-state index contributed by atoms with van der Waals surface area (Å²) in [5.41, 5.74) is 2.91. The number of aryl methyl sites for hydroxylation is 1. The monoisotopic (exact) mass is 311 g/mol. The summed E-state index contributed by atoms with van der Waals surface area (Å²) in [6.07, 6.45) is 3.24. The number of carbonyl (C=O) groups excluding carboxylic acids is 1. The van der Waals surface area contributed by atoms with Crippen LogP contribution in [-0.2, 0) is 9.53 Å². The van der Waals surface area contributed by atoms with E-state index in [1.165, 1.54) is 5.56 Å². The second kappa shape index (κ2) is 7.24. The van der Waals surface area contributed by atoms with Gasteiger partial charge in [-0.05, 0) is 49.6 Å². The lowest BCUT2D eigenvalue weighted by atomic mass is 9.99. The van der Waals surface area contributed by atoms with E-state index >= 15 is 0 Å². The SMILES string of the molecule is Cc1cccc(Nc2ccc(NC(=O)C3CCOCC3)cn2)c1. The Morgan fingerprint density at radius 3 is 2.70 bits per heavy atom. The first-order chi connectivity index (χ1) is 11.2. The van der Waals surface area contributed by atoms with E-state index in [1.54, 1.807) is 6.20 Å². The molecule has 1 aliphatic rings. The predicted octanol–water partition coefficient (Wildman–Crippen LogP) is 3.50. The van der Waals surface area contributed by atoms with Crippen LogP contribution >= 0.6 is 0 Å². The Balaban J connectivity index is 1.59. The molecule has 1 amide bonds. The lowest BCUT2D eigenvalue weighted by molar-refractivity contribution is -0.122. The van der Waals surface area contributed by atoms with Gasteiger partial charge in [-0.1, -0.05) is 12.1 Å². The quantitative estimate of drug-likeness (QED) is 0.907. The Kier molecular flexibility index (Phi) is 4.88. The average molecular weight is 311 g/mol. The second-order valence-electron chi connectivity index (χ2n) is 5.80. The number of ether oxygens (including phenoxy) is 1. The maximum absolute atomic E-state index is 12.2. The van der Waals surface area contributed by atoms with Gasteiger partial charge in [0.15, 0.2) is 0 Å². The third kappa shape index (κ3) is 4.29. The summed E-state index contributed by atoms with van der Waals surface area (Å²) in [6, 6.07) is 11.8. The fourth-order valence-corrected chi connectivity index (χ4v) is 2.62. The molecule has 0 radical (unpaired) electrons. The number of carbonyl (C=O) groups is 1. The molecule has 5 nitrogen and oxygen atoms in total. The zero-order valence-corrected chi connectivity index (χ0v) is 13.2. The molecule has 5 heteroatoms. The molecule has 0 aliphatic carbocycles. The molecule has 23 heavy (non-hydrogen) atoms. The Bertz CT molecular complexity index is 664. The van der Waals surface area contributed by atoms with Gasteiger partial charge < -0.3 is 15.4 Å². The van der Waals surface area contributed by atoms with Crippen molar-refractivity contribution >= 4 is 23.1 Å². The third-order valence-corrected chi connectivity index (χ3v) is 3.91. The highest BCUT2D eigenvalue weighted by molar-refractivity contribution is 5.92. The first-order valence-electron chi connectivity index (χ1n) is 7.89. The average Bonchev–Trinajstić information content (AvgIpc) is 2.57. The lowest BCUT2D eigenvalue weighted by Gasteiger charge is -2.21. The Labute approximate surface area is 136 Å². The van der Waals surface area contributed by atoms with Crippen molar-refractivity contribution in [2.24, 2.45) is 5.92 Å². The molecule has 120 valence electrons. The van der Waals surface area contributed by atoms with Gasteiger partial charge in [-0.3, -0.25) is 4.79 Å². The summed E-state index contributed by atoms with van der Waals surface area (Å²) >= 11 is 0. The summed E-state index contributed by atoms with van der Waals surface area (Å²) < 4.78 is 5.28. The van der Waals surface area contributed by atoms with Gasteiger partial charge in [0.2, 0.25) is 5.91 Å². The van der Waals surface area contributed by atoms with Crippen molar-refractivity contribution in [2.75, 3.05) is 23.8 Å². The zero-order chi connectivity index (χ0) is 16.1. The number of aromatic nitrogens is 1. The maximum atomic E-state index is 12.2. The van der Waals surface area contributed by atoms with Gasteiger partial charge in [-0.25, -0.2) is 4.98 Å². The van der Waals surface area contributed by atoms with E-state index in [0.717, 1.165) is 30.0 Å². The van der Waals surface area contributed by atoms with Crippen LogP contribution in [0.3, 0.4) is 0 Å². The summed E-state index contributed by atoms with van der Waals surface area (Å²) in [5.74, 6) is 0.836. The van der Waals surface area contributed by atoms with Crippen LogP contribution in [0.25, 0.3) is 0 Å². The van der Waals surface area contributed by atoms with E-state index in [2.05, 4.69) is 21.7 Å². The van der Waals surface area contributed by atoms with Gasteiger partial charge in [-0.2, -0.15) is 0 Å². The van der Waals surface area contributed by atoms with Crippen molar-refractivity contribution in [1.82, 2.24) is 4.98 Å². The molecule has 1 aromatic heterocycles. The third-order valence-electron chi connectivity index (χ3n) is 3.91. The van der Waals surface area contributed by atoms with Crippen LogP contribution in [0.1, 0.15) is 18.4 Å². The van der Waals surface area contributed by atoms with Gasteiger partial charge >= 0.3 is 0 Å². The number of anilines is 3. The number of nitrogens with one attached hydrogen (secondary N) is 2. The molecule has 1 aromatic carbocycles. The van der Waals surface area contributed by atoms with Gasteiger partial charge in [0.1, 0.15) is 5.82 Å². The molecule has 1 aliphatic heterocycles. The normalized spacial score (nSPS) is 15.2. The first-order valence-corrected chi connectivity index (χ1v) is 7.89. The molecular formula is C18H21N3O2. The van der Waals surface area contributed by atoms with E-state index in [9.17, 15) is 4.79 Å². The first kappa shape index (κ1) is 15.5. The molecule has 2 heterocycles. The molecule has 1 fully saturated rings. The molecular weight excluding hydrogens is 290 g/mol. The van der Waals surface area contributed by atoms with Crippen molar-refractivity contribution in [3.05, 3.63) is 48.2 Å². The van der Waals surface area contributed by atoms with Crippen LogP contribution in [0.2, 0.25) is 0 Å². The minimum Gasteiger partial charge on any atom is -0.381 e. The number of amides is 1. The minimum atomic E-state index is 0.0360. The summed E-state index contributed by atoms with van der Waals surface area (Å²) in [7, 11) is 0. The van der Waals surface area contributed by atoms with Crippen LogP contribution in [0.15, 0.2) is 42.6 Å². The highest BCUT2D eigenvalue weighted by Crippen LogP contribution is 2.19. The van der Waals surface area contributed by atoms with Crippen molar-refractivity contribution in [3.8, 4) is 0 Å². The van der Waals surface area contributed by atoms with Gasteiger partial charge in [0, 0.05) is 24.8 Å². The van der Waals surface area contributed by atoms with Crippen LogP contribution in [0.5, 0.6) is 0 Å². The fourth-order valence-electron chi connectivity index (χ4n) is 2.62. The maximum Gasteiger partial charge on any atom is 0.227 e. The molecule has 3 rings (SSSR count). The summed E-state index contributed by atoms with van der Waals surface area (Å²) in [4.78, 5) is 16.5. The predicted molar refractivity (Wildman–Crippen MR) is 90.9 cm³/mol. The standard InChI is InChI=1S/C18H21N3O2/c1-13-3-2-4-15(11-13)20-17-6-5-16(12-19-17)21-18(22)14-7-9-23-10-8-14/h2-6,11-12,14H,7-10H2,1H3,(H,19,20)(H,21,22). The van der Waals surface area contributed by atoms with E-state index in [4.69, 9.17) is 4.74 Å². The lowest BCUT2D eigenvalue weighted by Crippen LogP contribution is -2.28. The molecule has 1 saturated heterocycles. The highest BCUT2D eigenvalue weighted by Gasteiger charge is 2.21. The Morgan fingerprint density at radius 2 is 2.00 bits per heavy atom. The summed E-state index contributed by atoms with van der Waals surface area (Å²) in [6.45, 7) is 3.37.